The lowest BCUT2D eigenvalue weighted by Crippen LogP contribution is -2.13. The van der Waals surface area contributed by atoms with E-state index in [4.69, 9.17) is 4.74 Å². The number of unbranched alkanes of at least 4 members (excludes halogenated alkanes) is 2. The van der Waals surface area contributed by atoms with Gasteiger partial charge in [0.1, 0.15) is 0 Å². The average molecular weight is 199 g/mol. The molecule has 1 fully saturated rings. The lowest BCUT2D eigenvalue weighted by atomic mass is 9.83. The molecule has 1 aliphatic carbocycles. The Morgan fingerprint density at radius 3 is 2.64 bits per heavy atom. The molecule has 0 aromatic carbocycles. The van der Waals surface area contributed by atoms with E-state index in [9.17, 15) is 0 Å². The van der Waals surface area contributed by atoms with Crippen molar-refractivity contribution in [2.24, 2.45) is 5.92 Å². The van der Waals surface area contributed by atoms with E-state index in [-0.39, 0.29) is 0 Å². The molecule has 84 valence electrons. The third-order valence-electron chi connectivity index (χ3n) is 3.11. The SMILES string of the molecule is CNCCCCCOCCC1CCC1. The molecule has 1 N–H and O–H groups in total. The maximum atomic E-state index is 5.60. The van der Waals surface area contributed by atoms with Crippen LogP contribution in [0.5, 0.6) is 0 Å². The summed E-state index contributed by atoms with van der Waals surface area (Å²) < 4.78 is 5.60. The van der Waals surface area contributed by atoms with Crippen LogP contribution in [0.4, 0.5) is 0 Å². The molecule has 0 aromatic heterocycles. The average Bonchev–Trinajstić information content (AvgIpc) is 2.13. The summed E-state index contributed by atoms with van der Waals surface area (Å²) >= 11 is 0. The smallest absolute Gasteiger partial charge is 0.0468 e. The van der Waals surface area contributed by atoms with Crippen LogP contribution in [0, 0.1) is 5.92 Å². The number of nitrogens with one attached hydrogen (secondary N) is 1. The van der Waals surface area contributed by atoms with Crippen LogP contribution >= 0.6 is 0 Å². The van der Waals surface area contributed by atoms with Gasteiger partial charge >= 0.3 is 0 Å². The van der Waals surface area contributed by atoms with Crippen molar-refractivity contribution in [3.05, 3.63) is 0 Å². The fourth-order valence-electron chi connectivity index (χ4n) is 1.82. The Kier molecular flexibility index (Phi) is 7.06. The molecule has 0 radical (unpaired) electrons. The zero-order valence-corrected chi connectivity index (χ0v) is 9.56. The minimum absolute atomic E-state index is 0.969. The van der Waals surface area contributed by atoms with Gasteiger partial charge < -0.3 is 10.1 Å². The van der Waals surface area contributed by atoms with Gasteiger partial charge in [-0.1, -0.05) is 19.3 Å². The molecular formula is C12H25NO. The molecule has 0 unspecified atom stereocenters. The molecule has 0 saturated heterocycles. The predicted molar refractivity (Wildman–Crippen MR) is 60.6 cm³/mol. The number of hydrogen-bond donors (Lipinski definition) is 1. The van der Waals surface area contributed by atoms with Gasteiger partial charge in [-0.25, -0.2) is 0 Å². The topological polar surface area (TPSA) is 21.3 Å². The lowest BCUT2D eigenvalue weighted by Gasteiger charge is -2.24. The highest BCUT2D eigenvalue weighted by molar-refractivity contribution is 4.68. The molecule has 14 heavy (non-hydrogen) atoms. The van der Waals surface area contributed by atoms with Crippen LogP contribution in [0.25, 0.3) is 0 Å². The molecule has 0 atom stereocenters. The molecule has 0 aromatic rings. The summed E-state index contributed by atoms with van der Waals surface area (Å²) in [5.41, 5.74) is 0. The van der Waals surface area contributed by atoms with Crippen molar-refractivity contribution in [1.82, 2.24) is 5.32 Å². The van der Waals surface area contributed by atoms with Crippen LogP contribution in [0.15, 0.2) is 0 Å². The van der Waals surface area contributed by atoms with Gasteiger partial charge in [0.05, 0.1) is 0 Å². The Labute approximate surface area is 88.4 Å². The number of rotatable bonds is 9. The van der Waals surface area contributed by atoms with Crippen LogP contribution in [0.1, 0.15) is 44.9 Å². The summed E-state index contributed by atoms with van der Waals surface area (Å²) in [4.78, 5) is 0. The quantitative estimate of drug-likeness (QED) is 0.576. The molecule has 0 bridgehead atoms. The first kappa shape index (κ1) is 12.0. The van der Waals surface area contributed by atoms with E-state index in [0.717, 1.165) is 25.7 Å². The van der Waals surface area contributed by atoms with Crippen molar-refractivity contribution in [2.45, 2.75) is 44.9 Å². The van der Waals surface area contributed by atoms with E-state index in [1.807, 2.05) is 7.05 Å². The lowest BCUT2D eigenvalue weighted by molar-refractivity contribution is 0.103. The zero-order chi connectivity index (χ0) is 10.1. The van der Waals surface area contributed by atoms with Crippen LogP contribution < -0.4 is 5.32 Å². The van der Waals surface area contributed by atoms with Gasteiger partial charge in [0.25, 0.3) is 0 Å². The van der Waals surface area contributed by atoms with Crippen molar-refractivity contribution in [3.8, 4) is 0 Å². The summed E-state index contributed by atoms with van der Waals surface area (Å²) in [6, 6.07) is 0. The highest BCUT2D eigenvalue weighted by Crippen LogP contribution is 2.29. The summed E-state index contributed by atoms with van der Waals surface area (Å²) in [7, 11) is 2.01. The third-order valence-corrected chi connectivity index (χ3v) is 3.11. The van der Waals surface area contributed by atoms with E-state index in [1.165, 1.54) is 44.9 Å². The molecule has 1 rings (SSSR count). The Balaban J connectivity index is 1.67. The first-order valence-electron chi connectivity index (χ1n) is 6.16. The summed E-state index contributed by atoms with van der Waals surface area (Å²) in [5.74, 6) is 0.999. The maximum Gasteiger partial charge on any atom is 0.0468 e. The van der Waals surface area contributed by atoms with Crippen molar-refractivity contribution in [1.29, 1.82) is 0 Å². The van der Waals surface area contributed by atoms with Crippen LogP contribution in [-0.2, 0) is 4.74 Å². The predicted octanol–water partition coefficient (Wildman–Crippen LogP) is 2.58. The number of hydrogen-bond acceptors (Lipinski definition) is 2. The van der Waals surface area contributed by atoms with Gasteiger partial charge in [-0.05, 0) is 45.2 Å². The summed E-state index contributed by atoms with van der Waals surface area (Å²) in [5, 5.41) is 3.16. The van der Waals surface area contributed by atoms with Gasteiger partial charge in [0, 0.05) is 13.2 Å². The van der Waals surface area contributed by atoms with Crippen molar-refractivity contribution in [2.75, 3.05) is 26.8 Å². The fraction of sp³-hybridized carbons (Fsp3) is 1.00. The van der Waals surface area contributed by atoms with Crippen molar-refractivity contribution in [3.63, 3.8) is 0 Å². The van der Waals surface area contributed by atoms with Crippen LogP contribution in [-0.4, -0.2) is 26.8 Å². The summed E-state index contributed by atoms with van der Waals surface area (Å²) in [6.07, 6.45) is 9.46. The molecule has 0 spiro atoms. The second kappa shape index (κ2) is 8.25. The zero-order valence-electron chi connectivity index (χ0n) is 9.56. The highest BCUT2D eigenvalue weighted by Gasteiger charge is 2.16. The van der Waals surface area contributed by atoms with Gasteiger partial charge in [0.2, 0.25) is 0 Å². The minimum atomic E-state index is 0.969. The summed E-state index contributed by atoms with van der Waals surface area (Å²) in [6.45, 7) is 3.11. The third kappa shape index (κ3) is 5.61. The Morgan fingerprint density at radius 1 is 1.14 bits per heavy atom. The molecule has 1 aliphatic rings. The van der Waals surface area contributed by atoms with Gasteiger partial charge in [-0.3, -0.25) is 0 Å². The molecular weight excluding hydrogens is 174 g/mol. The van der Waals surface area contributed by atoms with Crippen molar-refractivity contribution < 1.29 is 4.74 Å². The molecule has 2 nitrogen and oxygen atoms in total. The monoisotopic (exact) mass is 199 g/mol. The highest BCUT2D eigenvalue weighted by atomic mass is 16.5. The van der Waals surface area contributed by atoms with Crippen LogP contribution in [0.2, 0.25) is 0 Å². The fourth-order valence-corrected chi connectivity index (χ4v) is 1.82. The van der Waals surface area contributed by atoms with Gasteiger partial charge in [-0.15, -0.1) is 0 Å². The Morgan fingerprint density at radius 2 is 2.00 bits per heavy atom. The Hall–Kier alpha value is -0.0800. The van der Waals surface area contributed by atoms with E-state index < -0.39 is 0 Å². The molecule has 0 amide bonds. The van der Waals surface area contributed by atoms with Gasteiger partial charge in [0.15, 0.2) is 0 Å². The maximum absolute atomic E-state index is 5.60. The van der Waals surface area contributed by atoms with E-state index in [1.54, 1.807) is 0 Å². The van der Waals surface area contributed by atoms with E-state index in [0.29, 0.717) is 0 Å². The van der Waals surface area contributed by atoms with Crippen molar-refractivity contribution >= 4 is 0 Å². The first-order chi connectivity index (χ1) is 6.93. The van der Waals surface area contributed by atoms with E-state index in [2.05, 4.69) is 5.32 Å². The second-order valence-corrected chi connectivity index (χ2v) is 4.36. The number of ether oxygens (including phenoxy) is 1. The Bertz CT molecular complexity index is 123. The molecule has 0 heterocycles. The largest absolute Gasteiger partial charge is 0.381 e. The van der Waals surface area contributed by atoms with E-state index >= 15 is 0 Å². The standard InChI is InChI=1S/C12H25NO/c1-13-9-3-2-4-10-14-11-8-12-6-5-7-12/h12-13H,2-11H2,1H3. The molecule has 2 heteroatoms. The van der Waals surface area contributed by atoms with Crippen LogP contribution in [0.3, 0.4) is 0 Å². The minimum Gasteiger partial charge on any atom is -0.381 e. The van der Waals surface area contributed by atoms with Gasteiger partial charge in [-0.2, -0.15) is 0 Å². The first-order valence-corrected chi connectivity index (χ1v) is 6.16. The molecule has 0 aliphatic heterocycles. The molecule has 1 saturated carbocycles. The second-order valence-electron chi connectivity index (χ2n) is 4.36. The normalized spacial score (nSPS) is 16.9.